The summed E-state index contributed by atoms with van der Waals surface area (Å²) in [6, 6.07) is 4.03. The van der Waals surface area contributed by atoms with Gasteiger partial charge in [0.05, 0.1) is 5.69 Å². The van der Waals surface area contributed by atoms with Crippen LogP contribution in [0.3, 0.4) is 0 Å². The van der Waals surface area contributed by atoms with Gasteiger partial charge in [0.2, 0.25) is 0 Å². The topological polar surface area (TPSA) is 46.6 Å². The minimum atomic E-state index is -2.37. The van der Waals surface area contributed by atoms with Gasteiger partial charge in [0, 0.05) is 31.1 Å². The minimum absolute atomic E-state index is 0.0135. The molecule has 0 saturated carbocycles. The summed E-state index contributed by atoms with van der Waals surface area (Å²) in [6.07, 6.45) is 0. The van der Waals surface area contributed by atoms with Gasteiger partial charge in [-0.2, -0.15) is 0 Å². The van der Waals surface area contributed by atoms with Crippen LogP contribution in [0.2, 0.25) is 0 Å². The fraction of sp³-hybridized carbons (Fsp3) is 0.455. The lowest BCUT2D eigenvalue weighted by atomic mass is 10.2. The molecule has 0 spiro atoms. The maximum atomic E-state index is 13.8. The van der Waals surface area contributed by atoms with E-state index < -0.39 is 16.9 Å². The van der Waals surface area contributed by atoms with E-state index in [2.05, 4.69) is 4.90 Å². The molecule has 0 N–H and O–H groups in total. The third-order valence-electron chi connectivity index (χ3n) is 2.96. The van der Waals surface area contributed by atoms with Crippen molar-refractivity contribution in [2.75, 3.05) is 38.1 Å². The first-order valence-corrected chi connectivity index (χ1v) is 6.48. The lowest BCUT2D eigenvalue weighted by Gasteiger charge is -2.34. The van der Waals surface area contributed by atoms with Crippen LogP contribution in [0, 0.1) is 5.82 Å². The van der Waals surface area contributed by atoms with Crippen LogP contribution in [-0.4, -0.2) is 46.9 Å². The number of hydrogen-bond acceptors (Lipinski definition) is 4. The van der Waals surface area contributed by atoms with Crippen LogP contribution in [0.4, 0.5) is 10.1 Å². The molecule has 6 heteroatoms. The minimum Gasteiger partial charge on any atom is -0.768 e. The average Bonchev–Trinajstić information content (AvgIpc) is 2.30. The van der Waals surface area contributed by atoms with Crippen molar-refractivity contribution in [2.45, 2.75) is 4.90 Å². The van der Waals surface area contributed by atoms with Crippen molar-refractivity contribution in [3.8, 4) is 0 Å². The fourth-order valence-electron chi connectivity index (χ4n) is 1.90. The molecule has 1 fully saturated rings. The second-order valence-electron chi connectivity index (χ2n) is 4.14. The Balaban J connectivity index is 2.19. The van der Waals surface area contributed by atoms with E-state index in [0.717, 1.165) is 32.2 Å². The largest absolute Gasteiger partial charge is 0.768 e. The molecule has 1 aliphatic heterocycles. The third kappa shape index (κ3) is 2.83. The van der Waals surface area contributed by atoms with Gasteiger partial charge in [0.1, 0.15) is 5.82 Å². The van der Waals surface area contributed by atoms with Crippen LogP contribution >= 0.6 is 0 Å². The Hall–Kier alpha value is -0.980. The van der Waals surface area contributed by atoms with E-state index in [1.165, 1.54) is 12.1 Å². The van der Waals surface area contributed by atoms with E-state index in [-0.39, 0.29) is 4.90 Å². The summed E-state index contributed by atoms with van der Waals surface area (Å²) >= 11 is -2.37. The molecule has 17 heavy (non-hydrogen) atoms. The summed E-state index contributed by atoms with van der Waals surface area (Å²) in [6.45, 7) is 3.28. The number of rotatable bonds is 2. The molecule has 0 bridgehead atoms. The molecule has 1 aromatic rings. The number of anilines is 1. The van der Waals surface area contributed by atoms with E-state index in [4.69, 9.17) is 0 Å². The molecule has 4 nitrogen and oxygen atoms in total. The first-order valence-electron chi connectivity index (χ1n) is 5.40. The molecule has 1 aromatic carbocycles. The Kier molecular flexibility index (Phi) is 3.76. The highest BCUT2D eigenvalue weighted by molar-refractivity contribution is 7.79. The number of halogens is 1. The molecule has 1 atom stereocenters. The van der Waals surface area contributed by atoms with Crippen molar-refractivity contribution >= 4 is 16.8 Å². The maximum absolute atomic E-state index is 13.8. The monoisotopic (exact) mass is 257 g/mol. The van der Waals surface area contributed by atoms with Crippen molar-refractivity contribution in [3.63, 3.8) is 0 Å². The van der Waals surface area contributed by atoms with Crippen molar-refractivity contribution < 1.29 is 13.2 Å². The van der Waals surface area contributed by atoms with Crippen molar-refractivity contribution in [1.82, 2.24) is 4.90 Å². The van der Waals surface area contributed by atoms with Gasteiger partial charge in [-0.25, -0.2) is 4.39 Å². The van der Waals surface area contributed by atoms with Crippen LogP contribution in [0.25, 0.3) is 0 Å². The second kappa shape index (κ2) is 5.12. The van der Waals surface area contributed by atoms with Crippen LogP contribution in [0.15, 0.2) is 23.1 Å². The zero-order valence-electron chi connectivity index (χ0n) is 9.56. The average molecular weight is 257 g/mol. The first-order chi connectivity index (χ1) is 8.08. The second-order valence-corrected chi connectivity index (χ2v) is 5.08. The van der Waals surface area contributed by atoms with Crippen LogP contribution in [-0.2, 0) is 11.1 Å². The van der Waals surface area contributed by atoms with Gasteiger partial charge in [0.25, 0.3) is 0 Å². The van der Waals surface area contributed by atoms with Crippen molar-refractivity contribution in [2.24, 2.45) is 0 Å². The predicted octanol–water partition coefficient (Wildman–Crippen LogP) is 0.816. The molecule has 1 aliphatic rings. The molecular formula is C11H14FN2O2S-. The highest BCUT2D eigenvalue weighted by Crippen LogP contribution is 2.22. The SMILES string of the molecule is CN1CCN(c2ccc(S(=O)[O-])cc2F)CC1. The van der Waals surface area contributed by atoms with E-state index in [1.54, 1.807) is 0 Å². The third-order valence-corrected chi connectivity index (χ3v) is 3.59. The van der Waals surface area contributed by atoms with Gasteiger partial charge in [-0.1, -0.05) is 0 Å². The Bertz CT molecular complexity index is 433. The normalized spacial score (nSPS) is 19.4. The van der Waals surface area contributed by atoms with Gasteiger partial charge >= 0.3 is 0 Å². The highest BCUT2D eigenvalue weighted by Gasteiger charge is 2.17. The number of nitrogens with zero attached hydrogens (tertiary/aromatic N) is 2. The molecule has 1 heterocycles. The quantitative estimate of drug-likeness (QED) is 0.736. The fourth-order valence-corrected chi connectivity index (χ4v) is 2.27. The Morgan fingerprint density at radius 2 is 1.94 bits per heavy atom. The Labute approximate surface area is 102 Å². The predicted molar refractivity (Wildman–Crippen MR) is 63.3 cm³/mol. The summed E-state index contributed by atoms with van der Waals surface area (Å²) in [5.41, 5.74) is 0.479. The van der Waals surface area contributed by atoms with Crippen LogP contribution in [0.1, 0.15) is 0 Å². The molecule has 2 rings (SSSR count). The van der Waals surface area contributed by atoms with Crippen molar-refractivity contribution in [1.29, 1.82) is 0 Å². The molecule has 0 radical (unpaired) electrons. The number of likely N-dealkylation sites (N-methyl/N-ethyl adjacent to an activating group) is 1. The molecule has 1 unspecified atom stereocenters. The van der Waals surface area contributed by atoms with Crippen LogP contribution < -0.4 is 4.90 Å². The van der Waals surface area contributed by atoms with Gasteiger partial charge in [0.15, 0.2) is 0 Å². The lowest BCUT2D eigenvalue weighted by Crippen LogP contribution is -2.44. The summed E-state index contributed by atoms with van der Waals surface area (Å²) in [7, 11) is 2.03. The van der Waals surface area contributed by atoms with E-state index in [0.29, 0.717) is 5.69 Å². The maximum Gasteiger partial charge on any atom is 0.147 e. The molecule has 1 saturated heterocycles. The molecule has 94 valence electrons. The van der Waals surface area contributed by atoms with Gasteiger partial charge in [-0.05, 0) is 36.3 Å². The summed E-state index contributed by atoms with van der Waals surface area (Å²) in [4.78, 5) is 4.10. The molecule has 0 amide bonds. The molecule has 0 aliphatic carbocycles. The zero-order chi connectivity index (χ0) is 12.4. The van der Waals surface area contributed by atoms with Crippen LogP contribution in [0.5, 0.6) is 0 Å². The smallest absolute Gasteiger partial charge is 0.147 e. The number of piperazine rings is 1. The number of hydrogen-bond donors (Lipinski definition) is 0. The molecular weight excluding hydrogens is 243 g/mol. The molecule has 0 aromatic heterocycles. The summed E-state index contributed by atoms with van der Waals surface area (Å²) in [5.74, 6) is -0.476. The van der Waals surface area contributed by atoms with E-state index in [1.807, 2.05) is 11.9 Å². The summed E-state index contributed by atoms with van der Waals surface area (Å²) in [5, 5.41) is 0. The van der Waals surface area contributed by atoms with E-state index >= 15 is 0 Å². The van der Waals surface area contributed by atoms with Gasteiger partial charge in [-0.15, -0.1) is 0 Å². The summed E-state index contributed by atoms with van der Waals surface area (Å²) < 4.78 is 35.2. The van der Waals surface area contributed by atoms with Gasteiger partial charge < -0.3 is 14.4 Å². The zero-order valence-corrected chi connectivity index (χ0v) is 10.4. The Morgan fingerprint density at radius 1 is 1.29 bits per heavy atom. The highest BCUT2D eigenvalue weighted by atomic mass is 32.2. The number of benzene rings is 1. The standard InChI is InChI=1S/C11H15FN2O2S/c1-13-4-6-14(7-5-13)11-3-2-9(17(15)16)8-10(11)12/h2-3,8H,4-7H2,1H3,(H,15,16)/p-1. The first kappa shape index (κ1) is 12.5. The van der Waals surface area contributed by atoms with Crippen molar-refractivity contribution in [3.05, 3.63) is 24.0 Å². The lowest BCUT2D eigenvalue weighted by molar-refractivity contribution is 0.311. The van der Waals surface area contributed by atoms with E-state index in [9.17, 15) is 13.2 Å². The van der Waals surface area contributed by atoms with Gasteiger partial charge in [-0.3, -0.25) is 4.21 Å². The Morgan fingerprint density at radius 3 is 2.47 bits per heavy atom.